The van der Waals surface area contributed by atoms with E-state index in [0.717, 1.165) is 5.56 Å². The molecular formula is C10H12O3S. The van der Waals surface area contributed by atoms with E-state index in [-0.39, 0.29) is 0 Å². The molecule has 1 saturated heterocycles. The van der Waals surface area contributed by atoms with Crippen molar-refractivity contribution in [3.8, 4) is 0 Å². The van der Waals surface area contributed by atoms with Gasteiger partial charge in [-0.05, 0) is 19.1 Å². The first-order valence-corrected chi connectivity index (χ1v) is 6.07. The van der Waals surface area contributed by atoms with Crippen molar-refractivity contribution in [2.45, 2.75) is 23.7 Å². The highest BCUT2D eigenvalue weighted by molar-refractivity contribution is 7.92. The Labute approximate surface area is 83.6 Å². The lowest BCUT2D eigenvalue weighted by molar-refractivity contribution is 0.00316. The van der Waals surface area contributed by atoms with Gasteiger partial charge in [0.1, 0.15) is 0 Å². The van der Waals surface area contributed by atoms with Gasteiger partial charge in [0.25, 0.3) is 0 Å². The predicted molar refractivity (Wildman–Crippen MR) is 52.7 cm³/mol. The fraction of sp³-hybridized carbons (Fsp3) is 0.400. The molecule has 0 N–H and O–H groups in total. The van der Waals surface area contributed by atoms with Crippen molar-refractivity contribution < 1.29 is 13.2 Å². The molecule has 0 bridgehead atoms. The Morgan fingerprint density at radius 3 is 2.29 bits per heavy atom. The molecule has 1 unspecified atom stereocenters. The molecule has 0 spiro atoms. The van der Waals surface area contributed by atoms with Crippen LogP contribution in [0.3, 0.4) is 0 Å². The van der Waals surface area contributed by atoms with Crippen LogP contribution in [0.5, 0.6) is 0 Å². The third-order valence-electron chi connectivity index (χ3n) is 2.35. The van der Waals surface area contributed by atoms with E-state index in [2.05, 4.69) is 0 Å². The fourth-order valence-electron chi connectivity index (χ4n) is 1.34. The van der Waals surface area contributed by atoms with Crippen molar-refractivity contribution in [2.24, 2.45) is 0 Å². The average Bonchev–Trinajstić information content (AvgIpc) is 2.00. The summed E-state index contributed by atoms with van der Waals surface area (Å²) in [5, 5.41) is 0. The number of aryl methyl sites for hydroxylation is 1. The van der Waals surface area contributed by atoms with Crippen LogP contribution >= 0.6 is 0 Å². The zero-order valence-corrected chi connectivity index (χ0v) is 8.75. The summed E-state index contributed by atoms with van der Waals surface area (Å²) in [4.78, 5) is 0.354. The van der Waals surface area contributed by atoms with Gasteiger partial charge in [-0.15, -0.1) is 0 Å². The number of ether oxygens (including phenoxy) is 1. The van der Waals surface area contributed by atoms with Gasteiger partial charge in [-0.3, -0.25) is 0 Å². The number of hydrogen-bond donors (Lipinski definition) is 0. The van der Waals surface area contributed by atoms with Gasteiger partial charge in [0, 0.05) is 6.42 Å². The van der Waals surface area contributed by atoms with E-state index < -0.39 is 15.3 Å². The molecule has 1 aliphatic heterocycles. The maximum absolute atomic E-state index is 11.8. The van der Waals surface area contributed by atoms with Crippen LogP contribution in [0, 0.1) is 6.92 Å². The first-order valence-electron chi connectivity index (χ1n) is 4.53. The van der Waals surface area contributed by atoms with E-state index in [1.165, 1.54) is 0 Å². The monoisotopic (exact) mass is 212 g/mol. The Bertz CT molecular complexity index is 415. The van der Waals surface area contributed by atoms with E-state index in [1.54, 1.807) is 24.3 Å². The summed E-state index contributed by atoms with van der Waals surface area (Å²) in [5.74, 6) is 0. The molecule has 1 heterocycles. The van der Waals surface area contributed by atoms with Crippen LogP contribution in [0.4, 0.5) is 0 Å². The second-order valence-electron chi connectivity index (χ2n) is 3.45. The lowest BCUT2D eigenvalue weighted by atomic mass is 10.2. The molecule has 4 heteroatoms. The number of rotatable bonds is 2. The normalized spacial score (nSPS) is 21.6. The zero-order chi connectivity index (χ0) is 10.2. The van der Waals surface area contributed by atoms with Crippen LogP contribution in [0.15, 0.2) is 29.2 Å². The van der Waals surface area contributed by atoms with Gasteiger partial charge < -0.3 is 4.74 Å². The van der Waals surface area contributed by atoms with Crippen LogP contribution in [-0.2, 0) is 14.6 Å². The fourth-order valence-corrected chi connectivity index (χ4v) is 2.84. The second-order valence-corrected chi connectivity index (χ2v) is 5.53. The van der Waals surface area contributed by atoms with Crippen molar-refractivity contribution in [1.82, 2.24) is 0 Å². The summed E-state index contributed by atoms with van der Waals surface area (Å²) >= 11 is 0. The minimum Gasteiger partial charge on any atom is -0.362 e. The molecule has 14 heavy (non-hydrogen) atoms. The Balaban J connectivity index is 2.34. The first kappa shape index (κ1) is 9.68. The highest BCUT2D eigenvalue weighted by Crippen LogP contribution is 2.25. The Kier molecular flexibility index (Phi) is 2.33. The van der Waals surface area contributed by atoms with Crippen LogP contribution in [0.25, 0.3) is 0 Å². The summed E-state index contributed by atoms with van der Waals surface area (Å²) in [5.41, 5.74) is 0.434. The standard InChI is InChI=1S/C10H12O3S/c1-8-2-4-9(5-3-8)14(11,12)10-6-7-13-10/h2-5,10H,6-7H2,1H3. The van der Waals surface area contributed by atoms with Crippen LogP contribution in [-0.4, -0.2) is 20.5 Å². The topological polar surface area (TPSA) is 43.4 Å². The molecule has 1 aromatic rings. The summed E-state index contributed by atoms with van der Waals surface area (Å²) < 4.78 is 28.6. The maximum Gasteiger partial charge on any atom is 0.205 e. The van der Waals surface area contributed by atoms with Crippen molar-refractivity contribution in [2.75, 3.05) is 6.61 Å². The van der Waals surface area contributed by atoms with Gasteiger partial charge >= 0.3 is 0 Å². The number of hydrogen-bond acceptors (Lipinski definition) is 3. The highest BCUT2D eigenvalue weighted by atomic mass is 32.2. The minimum absolute atomic E-state index is 0.354. The lowest BCUT2D eigenvalue weighted by Gasteiger charge is -2.25. The Morgan fingerprint density at radius 1 is 1.29 bits per heavy atom. The zero-order valence-electron chi connectivity index (χ0n) is 7.93. The molecule has 2 rings (SSSR count). The second kappa shape index (κ2) is 3.37. The lowest BCUT2D eigenvalue weighted by Crippen LogP contribution is -2.34. The first-order chi connectivity index (χ1) is 6.60. The van der Waals surface area contributed by atoms with Crippen molar-refractivity contribution in [3.05, 3.63) is 29.8 Å². The van der Waals surface area contributed by atoms with E-state index in [4.69, 9.17) is 4.74 Å². The third-order valence-corrected chi connectivity index (χ3v) is 4.35. The molecule has 1 fully saturated rings. The smallest absolute Gasteiger partial charge is 0.205 e. The maximum atomic E-state index is 11.8. The third kappa shape index (κ3) is 1.55. The summed E-state index contributed by atoms with van der Waals surface area (Å²) in [6, 6.07) is 6.86. The molecule has 1 atom stereocenters. The van der Waals surface area contributed by atoms with E-state index in [0.29, 0.717) is 17.9 Å². The predicted octanol–water partition coefficient (Wildman–Crippen LogP) is 1.52. The average molecular weight is 212 g/mol. The summed E-state index contributed by atoms with van der Waals surface area (Å²) in [6.07, 6.45) is 0.607. The quantitative estimate of drug-likeness (QED) is 0.746. The molecular weight excluding hydrogens is 200 g/mol. The van der Waals surface area contributed by atoms with Gasteiger partial charge in [-0.2, -0.15) is 0 Å². The molecule has 1 aromatic carbocycles. The minimum atomic E-state index is -3.24. The molecule has 0 radical (unpaired) electrons. The summed E-state index contributed by atoms with van der Waals surface area (Å²) in [7, 11) is -3.24. The Morgan fingerprint density at radius 2 is 1.86 bits per heavy atom. The van der Waals surface area contributed by atoms with Crippen molar-refractivity contribution in [1.29, 1.82) is 0 Å². The van der Waals surface area contributed by atoms with E-state index in [9.17, 15) is 8.42 Å². The highest BCUT2D eigenvalue weighted by Gasteiger charge is 2.33. The molecule has 76 valence electrons. The molecule has 0 saturated carbocycles. The SMILES string of the molecule is Cc1ccc(S(=O)(=O)C2CCO2)cc1. The number of benzene rings is 1. The van der Waals surface area contributed by atoms with Crippen LogP contribution in [0.1, 0.15) is 12.0 Å². The van der Waals surface area contributed by atoms with E-state index in [1.807, 2.05) is 6.92 Å². The van der Waals surface area contributed by atoms with Gasteiger partial charge in [-0.25, -0.2) is 8.42 Å². The molecule has 3 nitrogen and oxygen atoms in total. The van der Waals surface area contributed by atoms with Gasteiger partial charge in [-0.1, -0.05) is 17.7 Å². The Hall–Kier alpha value is -0.870. The molecule has 0 aliphatic carbocycles. The molecule has 0 amide bonds. The summed E-state index contributed by atoms with van der Waals surface area (Å²) in [6.45, 7) is 2.48. The van der Waals surface area contributed by atoms with Crippen molar-refractivity contribution in [3.63, 3.8) is 0 Å². The van der Waals surface area contributed by atoms with Gasteiger partial charge in [0.2, 0.25) is 9.84 Å². The molecule has 1 aliphatic rings. The number of sulfone groups is 1. The van der Waals surface area contributed by atoms with Crippen LogP contribution < -0.4 is 0 Å². The van der Waals surface area contributed by atoms with E-state index >= 15 is 0 Å². The van der Waals surface area contributed by atoms with Gasteiger partial charge in [0.05, 0.1) is 11.5 Å². The van der Waals surface area contributed by atoms with Gasteiger partial charge in [0.15, 0.2) is 5.44 Å². The van der Waals surface area contributed by atoms with Crippen molar-refractivity contribution >= 4 is 9.84 Å². The molecule has 0 aromatic heterocycles. The van der Waals surface area contributed by atoms with Crippen LogP contribution in [0.2, 0.25) is 0 Å². The largest absolute Gasteiger partial charge is 0.362 e.